The average Bonchev–Trinajstić information content (AvgIpc) is 2.33. The lowest BCUT2D eigenvalue weighted by atomic mass is 10.1. The van der Waals surface area contributed by atoms with Gasteiger partial charge in [0.2, 0.25) is 11.8 Å². The Morgan fingerprint density at radius 1 is 1.33 bits per heavy atom. The van der Waals surface area contributed by atoms with Gasteiger partial charge in [-0.3, -0.25) is 9.59 Å². The summed E-state index contributed by atoms with van der Waals surface area (Å²) in [6.45, 7) is 7.12. The molecular formula is C12H21N3O2S. The van der Waals surface area contributed by atoms with E-state index in [0.29, 0.717) is 5.75 Å². The smallest absolute Gasteiger partial charge is 0.246 e. The van der Waals surface area contributed by atoms with Crippen molar-refractivity contribution in [3.05, 3.63) is 0 Å². The summed E-state index contributed by atoms with van der Waals surface area (Å²) in [7, 11) is 2.06. The van der Waals surface area contributed by atoms with Crippen molar-refractivity contribution < 1.29 is 9.59 Å². The van der Waals surface area contributed by atoms with Crippen molar-refractivity contribution in [2.24, 2.45) is 0 Å². The van der Waals surface area contributed by atoms with Gasteiger partial charge in [0.1, 0.15) is 6.04 Å². The van der Waals surface area contributed by atoms with Gasteiger partial charge in [-0.2, -0.15) is 0 Å². The van der Waals surface area contributed by atoms with E-state index in [4.69, 9.17) is 0 Å². The van der Waals surface area contributed by atoms with E-state index in [-0.39, 0.29) is 17.9 Å². The zero-order valence-corrected chi connectivity index (χ0v) is 12.0. The Kier molecular flexibility index (Phi) is 3.87. The number of likely N-dealkylation sites (N-methyl/N-ethyl adjacent to an activating group) is 1. The van der Waals surface area contributed by atoms with Crippen LogP contribution < -0.4 is 5.32 Å². The number of nitrogens with one attached hydrogen (secondary N) is 1. The van der Waals surface area contributed by atoms with E-state index >= 15 is 0 Å². The number of hydrogen-bond donors (Lipinski definition) is 1. The van der Waals surface area contributed by atoms with E-state index in [2.05, 4.69) is 17.3 Å². The highest BCUT2D eigenvalue weighted by Crippen LogP contribution is 2.29. The molecule has 18 heavy (non-hydrogen) atoms. The summed E-state index contributed by atoms with van der Waals surface area (Å²) < 4.78 is -0.418. The van der Waals surface area contributed by atoms with Crippen molar-refractivity contribution in [2.75, 3.05) is 39.0 Å². The maximum absolute atomic E-state index is 12.3. The number of carbonyl (C=O) groups excluding carboxylic acids is 2. The van der Waals surface area contributed by atoms with Crippen LogP contribution in [0.1, 0.15) is 13.8 Å². The van der Waals surface area contributed by atoms with Gasteiger partial charge >= 0.3 is 0 Å². The van der Waals surface area contributed by atoms with Crippen LogP contribution in [0.15, 0.2) is 0 Å². The first-order chi connectivity index (χ1) is 8.40. The molecule has 6 heteroatoms. The summed E-state index contributed by atoms with van der Waals surface area (Å²) in [5, 5.41) is 2.85. The van der Waals surface area contributed by atoms with Crippen molar-refractivity contribution >= 4 is 23.6 Å². The van der Waals surface area contributed by atoms with Gasteiger partial charge < -0.3 is 15.1 Å². The highest BCUT2D eigenvalue weighted by atomic mass is 32.2. The highest BCUT2D eigenvalue weighted by molar-refractivity contribution is 8.01. The zero-order chi connectivity index (χ0) is 13.3. The van der Waals surface area contributed by atoms with Crippen LogP contribution in [0.4, 0.5) is 0 Å². The summed E-state index contributed by atoms with van der Waals surface area (Å²) in [4.78, 5) is 28.2. The molecule has 2 heterocycles. The van der Waals surface area contributed by atoms with E-state index in [1.165, 1.54) is 0 Å². The molecule has 102 valence electrons. The Balaban J connectivity index is 1.93. The van der Waals surface area contributed by atoms with Crippen LogP contribution in [0.2, 0.25) is 0 Å². The minimum absolute atomic E-state index is 0.0359. The molecule has 0 bridgehead atoms. The molecule has 0 spiro atoms. The van der Waals surface area contributed by atoms with Crippen molar-refractivity contribution in [1.29, 1.82) is 0 Å². The van der Waals surface area contributed by atoms with Crippen LogP contribution in [0, 0.1) is 0 Å². The topological polar surface area (TPSA) is 52.7 Å². The minimum Gasteiger partial charge on any atom is -0.342 e. The Bertz CT molecular complexity index is 351. The fourth-order valence-corrected chi connectivity index (χ4v) is 3.11. The molecule has 2 rings (SSSR count). The van der Waals surface area contributed by atoms with Gasteiger partial charge in [-0.1, -0.05) is 0 Å². The maximum Gasteiger partial charge on any atom is 0.246 e. The standard InChI is InChI=1S/C12H21N3O2S/c1-12(2)11(17)13-9(8-18-12)10(16)15-6-4-14(3)5-7-15/h9H,4-8H2,1-3H3,(H,13,17). The number of nitrogens with zero attached hydrogens (tertiary/aromatic N) is 2. The van der Waals surface area contributed by atoms with E-state index in [1.54, 1.807) is 11.8 Å². The fourth-order valence-electron chi connectivity index (χ4n) is 2.11. The summed E-state index contributed by atoms with van der Waals surface area (Å²) in [6, 6.07) is -0.348. The SMILES string of the molecule is CN1CCN(C(=O)C2CSC(C)(C)C(=O)N2)CC1. The fraction of sp³-hybridized carbons (Fsp3) is 0.833. The first-order valence-corrected chi connectivity index (χ1v) is 7.31. The van der Waals surface area contributed by atoms with Crippen LogP contribution >= 0.6 is 11.8 Å². The van der Waals surface area contributed by atoms with Gasteiger partial charge in [0.25, 0.3) is 0 Å². The average molecular weight is 271 g/mol. The number of amides is 2. The predicted molar refractivity (Wildman–Crippen MR) is 72.5 cm³/mol. The Hall–Kier alpha value is -0.750. The van der Waals surface area contributed by atoms with Crippen molar-refractivity contribution in [1.82, 2.24) is 15.1 Å². The molecule has 1 N–H and O–H groups in total. The van der Waals surface area contributed by atoms with Gasteiger partial charge in [0.15, 0.2) is 0 Å². The van der Waals surface area contributed by atoms with Crippen LogP contribution in [0.3, 0.4) is 0 Å². The molecule has 2 amide bonds. The third kappa shape index (κ3) is 2.80. The largest absolute Gasteiger partial charge is 0.342 e. The van der Waals surface area contributed by atoms with Crippen molar-refractivity contribution in [3.63, 3.8) is 0 Å². The number of thioether (sulfide) groups is 1. The number of hydrogen-bond acceptors (Lipinski definition) is 4. The molecule has 0 aliphatic carbocycles. The maximum atomic E-state index is 12.3. The molecule has 2 saturated heterocycles. The molecule has 0 saturated carbocycles. The number of piperazine rings is 1. The second-order valence-electron chi connectivity index (χ2n) is 5.48. The third-order valence-corrected chi connectivity index (χ3v) is 4.98. The quantitative estimate of drug-likeness (QED) is 0.716. The number of rotatable bonds is 1. The molecule has 0 aromatic heterocycles. The van der Waals surface area contributed by atoms with Crippen LogP contribution in [0.25, 0.3) is 0 Å². The third-order valence-electron chi connectivity index (χ3n) is 3.58. The summed E-state index contributed by atoms with van der Waals surface area (Å²) >= 11 is 1.56. The highest BCUT2D eigenvalue weighted by Gasteiger charge is 2.39. The van der Waals surface area contributed by atoms with Crippen molar-refractivity contribution in [3.8, 4) is 0 Å². The lowest BCUT2D eigenvalue weighted by Gasteiger charge is -2.38. The van der Waals surface area contributed by atoms with E-state index in [1.807, 2.05) is 18.7 Å². The van der Waals surface area contributed by atoms with Gasteiger partial charge in [-0.15, -0.1) is 11.8 Å². The number of carbonyl (C=O) groups is 2. The normalized spacial score (nSPS) is 28.9. The first-order valence-electron chi connectivity index (χ1n) is 6.32. The lowest BCUT2D eigenvalue weighted by Crippen LogP contribution is -2.59. The van der Waals surface area contributed by atoms with E-state index in [9.17, 15) is 9.59 Å². The van der Waals surface area contributed by atoms with E-state index < -0.39 is 4.75 Å². The van der Waals surface area contributed by atoms with E-state index in [0.717, 1.165) is 26.2 Å². The molecule has 1 atom stereocenters. The predicted octanol–water partition coefficient (Wildman–Crippen LogP) is -0.229. The molecule has 2 aliphatic heterocycles. The molecule has 0 radical (unpaired) electrons. The summed E-state index contributed by atoms with van der Waals surface area (Å²) in [6.07, 6.45) is 0. The van der Waals surface area contributed by atoms with Gasteiger partial charge in [0.05, 0.1) is 4.75 Å². The summed E-state index contributed by atoms with van der Waals surface area (Å²) in [5.74, 6) is 0.704. The molecule has 5 nitrogen and oxygen atoms in total. The second-order valence-corrected chi connectivity index (χ2v) is 7.12. The molecule has 2 aliphatic rings. The Morgan fingerprint density at radius 3 is 2.50 bits per heavy atom. The Morgan fingerprint density at radius 2 is 1.94 bits per heavy atom. The zero-order valence-electron chi connectivity index (χ0n) is 11.2. The molecule has 0 aromatic carbocycles. The monoisotopic (exact) mass is 271 g/mol. The van der Waals surface area contributed by atoms with Crippen LogP contribution in [-0.2, 0) is 9.59 Å². The molecular weight excluding hydrogens is 250 g/mol. The first kappa shape index (κ1) is 13.7. The van der Waals surface area contributed by atoms with Crippen molar-refractivity contribution in [2.45, 2.75) is 24.6 Å². The van der Waals surface area contributed by atoms with Gasteiger partial charge in [-0.05, 0) is 20.9 Å². The van der Waals surface area contributed by atoms with Crippen LogP contribution in [0.5, 0.6) is 0 Å². The molecule has 1 unspecified atom stereocenters. The Labute approximate surface area is 112 Å². The summed E-state index contributed by atoms with van der Waals surface area (Å²) in [5.41, 5.74) is 0. The van der Waals surface area contributed by atoms with Gasteiger partial charge in [-0.25, -0.2) is 0 Å². The van der Waals surface area contributed by atoms with Gasteiger partial charge in [0, 0.05) is 31.9 Å². The minimum atomic E-state index is -0.418. The lowest BCUT2D eigenvalue weighted by molar-refractivity contribution is -0.137. The molecule has 2 fully saturated rings. The molecule has 0 aromatic rings. The second kappa shape index (κ2) is 5.09. The van der Waals surface area contributed by atoms with Crippen LogP contribution in [-0.4, -0.2) is 71.4 Å².